The number of benzene rings is 1. The van der Waals surface area contributed by atoms with Crippen LogP contribution in [0.15, 0.2) is 36.7 Å². The number of aryl methyl sites for hydroxylation is 1. The van der Waals surface area contributed by atoms with E-state index in [9.17, 15) is 4.79 Å². The van der Waals surface area contributed by atoms with Gasteiger partial charge < -0.3 is 14.2 Å². The van der Waals surface area contributed by atoms with E-state index in [0.29, 0.717) is 18.9 Å². The van der Waals surface area contributed by atoms with Gasteiger partial charge in [-0.3, -0.25) is 4.79 Å². The maximum absolute atomic E-state index is 12.3. The molecular formula is C18H24N4O2. The van der Waals surface area contributed by atoms with Crippen LogP contribution >= 0.6 is 0 Å². The second kappa shape index (κ2) is 7.95. The van der Waals surface area contributed by atoms with Crippen molar-refractivity contribution in [1.29, 1.82) is 0 Å². The number of hydrogen-bond donors (Lipinski definition) is 0. The highest BCUT2D eigenvalue weighted by molar-refractivity contribution is 5.76. The number of likely N-dealkylation sites (tertiary alicyclic amines) is 1. The number of carbonyl (C=O) groups is 1. The van der Waals surface area contributed by atoms with Crippen molar-refractivity contribution in [2.75, 3.05) is 19.7 Å². The highest BCUT2D eigenvalue weighted by atomic mass is 16.5. The van der Waals surface area contributed by atoms with Crippen molar-refractivity contribution in [3.05, 3.63) is 42.5 Å². The number of nitrogens with zero attached hydrogens (tertiary/aromatic N) is 4. The zero-order chi connectivity index (χ0) is 16.8. The Labute approximate surface area is 142 Å². The SMILES string of the molecule is Cn1cnnc1C1CCN(C(=O)CCCOc2ccccc2)CC1. The van der Waals surface area contributed by atoms with Crippen molar-refractivity contribution in [2.24, 2.45) is 7.05 Å². The molecule has 0 N–H and O–H groups in total. The van der Waals surface area contributed by atoms with Gasteiger partial charge in [-0.25, -0.2) is 0 Å². The van der Waals surface area contributed by atoms with Crippen molar-refractivity contribution in [3.63, 3.8) is 0 Å². The summed E-state index contributed by atoms with van der Waals surface area (Å²) in [7, 11) is 1.97. The standard InChI is InChI=1S/C18H24N4O2/c1-21-14-19-20-18(21)15-9-11-22(12-10-15)17(23)8-5-13-24-16-6-3-2-4-7-16/h2-4,6-7,14-15H,5,8-13H2,1H3. The minimum Gasteiger partial charge on any atom is -0.494 e. The Morgan fingerprint density at radius 1 is 1.25 bits per heavy atom. The van der Waals surface area contributed by atoms with Crippen molar-refractivity contribution >= 4 is 5.91 Å². The fraction of sp³-hybridized carbons (Fsp3) is 0.500. The van der Waals surface area contributed by atoms with Crippen molar-refractivity contribution in [3.8, 4) is 5.75 Å². The van der Waals surface area contributed by atoms with Crippen LogP contribution in [0.1, 0.15) is 37.4 Å². The molecule has 1 aliphatic heterocycles. The maximum Gasteiger partial charge on any atom is 0.222 e. The molecule has 1 aromatic heterocycles. The van der Waals surface area contributed by atoms with Gasteiger partial charge in [-0.1, -0.05) is 18.2 Å². The number of carbonyl (C=O) groups excluding carboxylic acids is 1. The van der Waals surface area contributed by atoms with E-state index in [1.807, 2.05) is 46.8 Å². The number of para-hydroxylation sites is 1. The van der Waals surface area contributed by atoms with E-state index >= 15 is 0 Å². The van der Waals surface area contributed by atoms with E-state index in [0.717, 1.165) is 43.9 Å². The van der Waals surface area contributed by atoms with Crippen LogP contribution in [0.2, 0.25) is 0 Å². The summed E-state index contributed by atoms with van der Waals surface area (Å²) in [6.07, 6.45) is 4.94. The fourth-order valence-electron chi connectivity index (χ4n) is 3.14. The number of ether oxygens (including phenoxy) is 1. The molecule has 3 rings (SSSR count). The van der Waals surface area contributed by atoms with Gasteiger partial charge in [-0.05, 0) is 31.4 Å². The van der Waals surface area contributed by atoms with Gasteiger partial charge >= 0.3 is 0 Å². The van der Waals surface area contributed by atoms with E-state index in [1.54, 1.807) is 6.33 Å². The average Bonchev–Trinajstić information content (AvgIpc) is 3.05. The van der Waals surface area contributed by atoms with E-state index < -0.39 is 0 Å². The molecule has 1 aliphatic rings. The number of rotatable bonds is 6. The fourth-order valence-corrected chi connectivity index (χ4v) is 3.14. The monoisotopic (exact) mass is 328 g/mol. The largest absolute Gasteiger partial charge is 0.494 e. The van der Waals surface area contributed by atoms with Crippen LogP contribution in [0.3, 0.4) is 0 Å². The molecule has 128 valence electrons. The molecule has 0 bridgehead atoms. The summed E-state index contributed by atoms with van der Waals surface area (Å²) in [4.78, 5) is 14.3. The predicted molar refractivity (Wildman–Crippen MR) is 90.7 cm³/mol. The van der Waals surface area contributed by atoms with Gasteiger partial charge in [0, 0.05) is 32.5 Å². The van der Waals surface area contributed by atoms with Crippen LogP contribution < -0.4 is 4.74 Å². The predicted octanol–water partition coefficient (Wildman–Crippen LogP) is 2.38. The van der Waals surface area contributed by atoms with Gasteiger partial charge in [0.1, 0.15) is 17.9 Å². The van der Waals surface area contributed by atoms with Gasteiger partial charge in [0.25, 0.3) is 0 Å². The molecule has 6 heteroatoms. The van der Waals surface area contributed by atoms with Crippen molar-refractivity contribution in [2.45, 2.75) is 31.6 Å². The summed E-state index contributed by atoms with van der Waals surface area (Å²) in [5.74, 6) is 2.51. The van der Waals surface area contributed by atoms with Crippen LogP contribution in [-0.4, -0.2) is 45.3 Å². The molecule has 1 saturated heterocycles. The second-order valence-electron chi connectivity index (χ2n) is 6.22. The molecule has 1 aromatic carbocycles. The first kappa shape index (κ1) is 16.5. The topological polar surface area (TPSA) is 60.2 Å². The molecule has 0 atom stereocenters. The number of hydrogen-bond acceptors (Lipinski definition) is 4. The highest BCUT2D eigenvalue weighted by Crippen LogP contribution is 2.26. The van der Waals surface area contributed by atoms with Crippen LogP contribution in [0.25, 0.3) is 0 Å². The van der Waals surface area contributed by atoms with E-state index in [2.05, 4.69) is 10.2 Å². The molecule has 2 aromatic rings. The van der Waals surface area contributed by atoms with Crippen molar-refractivity contribution < 1.29 is 9.53 Å². The first-order valence-corrected chi connectivity index (χ1v) is 8.53. The number of amides is 1. The third-order valence-corrected chi connectivity index (χ3v) is 4.51. The summed E-state index contributed by atoms with van der Waals surface area (Å²) in [5.41, 5.74) is 0. The molecule has 0 saturated carbocycles. The van der Waals surface area contributed by atoms with Crippen molar-refractivity contribution in [1.82, 2.24) is 19.7 Å². The molecule has 2 heterocycles. The smallest absolute Gasteiger partial charge is 0.222 e. The van der Waals surface area contributed by atoms with Crippen LogP contribution in [0, 0.1) is 0 Å². The maximum atomic E-state index is 12.3. The summed E-state index contributed by atoms with van der Waals surface area (Å²) in [6.45, 7) is 2.18. The highest BCUT2D eigenvalue weighted by Gasteiger charge is 2.25. The van der Waals surface area contributed by atoms with E-state index in [1.165, 1.54) is 0 Å². The summed E-state index contributed by atoms with van der Waals surface area (Å²) >= 11 is 0. The van der Waals surface area contributed by atoms with Gasteiger partial charge in [-0.15, -0.1) is 10.2 Å². The summed E-state index contributed by atoms with van der Waals surface area (Å²) < 4.78 is 7.61. The number of piperidine rings is 1. The van der Waals surface area contributed by atoms with Crippen LogP contribution in [0.5, 0.6) is 5.75 Å². The third kappa shape index (κ3) is 4.13. The zero-order valence-electron chi connectivity index (χ0n) is 14.1. The Kier molecular flexibility index (Phi) is 5.46. The minimum atomic E-state index is 0.225. The Bertz CT molecular complexity index is 648. The Morgan fingerprint density at radius 3 is 2.67 bits per heavy atom. The molecule has 24 heavy (non-hydrogen) atoms. The molecule has 6 nitrogen and oxygen atoms in total. The zero-order valence-corrected chi connectivity index (χ0v) is 14.1. The Balaban J connectivity index is 1.37. The lowest BCUT2D eigenvalue weighted by atomic mass is 9.95. The molecule has 0 spiro atoms. The summed E-state index contributed by atoms with van der Waals surface area (Å²) in [6, 6.07) is 9.71. The molecule has 0 radical (unpaired) electrons. The van der Waals surface area contributed by atoms with E-state index in [4.69, 9.17) is 4.74 Å². The van der Waals surface area contributed by atoms with Gasteiger partial charge in [0.05, 0.1) is 6.61 Å². The third-order valence-electron chi connectivity index (χ3n) is 4.51. The number of aromatic nitrogens is 3. The van der Waals surface area contributed by atoms with E-state index in [-0.39, 0.29) is 5.91 Å². The lowest BCUT2D eigenvalue weighted by molar-refractivity contribution is -0.132. The lowest BCUT2D eigenvalue weighted by Crippen LogP contribution is -2.38. The molecule has 0 unspecified atom stereocenters. The second-order valence-corrected chi connectivity index (χ2v) is 6.22. The molecule has 0 aliphatic carbocycles. The van der Waals surface area contributed by atoms with Gasteiger partial charge in [-0.2, -0.15) is 0 Å². The Morgan fingerprint density at radius 2 is 2.00 bits per heavy atom. The Hall–Kier alpha value is -2.37. The van der Waals surface area contributed by atoms with Crippen LogP contribution in [-0.2, 0) is 11.8 Å². The average molecular weight is 328 g/mol. The molecule has 1 amide bonds. The van der Waals surface area contributed by atoms with Crippen LogP contribution in [0.4, 0.5) is 0 Å². The lowest BCUT2D eigenvalue weighted by Gasteiger charge is -2.31. The molecular weight excluding hydrogens is 304 g/mol. The van der Waals surface area contributed by atoms with Gasteiger partial charge in [0.15, 0.2) is 0 Å². The summed E-state index contributed by atoms with van der Waals surface area (Å²) in [5, 5.41) is 8.14. The quantitative estimate of drug-likeness (QED) is 0.764. The van der Waals surface area contributed by atoms with Gasteiger partial charge in [0.2, 0.25) is 5.91 Å². The minimum absolute atomic E-state index is 0.225. The first-order chi connectivity index (χ1) is 11.7. The normalized spacial score (nSPS) is 15.5. The first-order valence-electron chi connectivity index (χ1n) is 8.53. The molecule has 1 fully saturated rings.